The van der Waals surface area contributed by atoms with E-state index in [4.69, 9.17) is 0 Å². The van der Waals surface area contributed by atoms with Crippen LogP contribution in [0.3, 0.4) is 0 Å². The summed E-state index contributed by atoms with van der Waals surface area (Å²) < 4.78 is 0. The summed E-state index contributed by atoms with van der Waals surface area (Å²) in [5.74, 6) is 0.125. The molecule has 0 aliphatic heterocycles. The summed E-state index contributed by atoms with van der Waals surface area (Å²) in [5, 5.41) is 0. The Labute approximate surface area is 210 Å². The molecule has 0 N–H and O–H groups in total. The van der Waals surface area contributed by atoms with E-state index in [2.05, 4.69) is 0 Å². The van der Waals surface area contributed by atoms with Crippen LogP contribution in [-0.2, 0) is 12.8 Å². The van der Waals surface area contributed by atoms with Gasteiger partial charge in [0.05, 0.1) is 0 Å². The largest absolute Gasteiger partial charge is 0.289 e. The Kier molecular flexibility index (Phi) is 5.63. The minimum atomic E-state index is 0.0625. The second-order valence-electron chi connectivity index (χ2n) is 9.24. The lowest BCUT2D eigenvalue weighted by atomic mass is 9.77. The van der Waals surface area contributed by atoms with Gasteiger partial charge in [0.2, 0.25) is 0 Å². The van der Waals surface area contributed by atoms with E-state index in [1.807, 2.05) is 121 Å². The third kappa shape index (κ3) is 3.97. The number of rotatable bonds is 4. The van der Waals surface area contributed by atoms with Crippen molar-refractivity contribution in [2.24, 2.45) is 0 Å². The number of hydrogen-bond donors (Lipinski definition) is 0. The summed E-state index contributed by atoms with van der Waals surface area (Å²) in [6.45, 7) is 0. The van der Waals surface area contributed by atoms with Crippen molar-refractivity contribution in [2.75, 3.05) is 0 Å². The Balaban J connectivity index is 1.57. The molecule has 2 nitrogen and oxygen atoms in total. The van der Waals surface area contributed by atoms with Crippen molar-refractivity contribution in [3.8, 4) is 0 Å². The van der Waals surface area contributed by atoms with E-state index >= 15 is 0 Å². The Hall–Kier alpha value is -4.56. The SMILES string of the molecule is O=C1C(Cc2ccccc2)=C/C(=C2/C=C(Cc3ccccc3)C(=O)c3ccccc32)c2ccccc21. The lowest BCUT2D eigenvalue weighted by Crippen LogP contribution is -2.17. The summed E-state index contributed by atoms with van der Waals surface area (Å²) in [7, 11) is 0. The van der Waals surface area contributed by atoms with Crippen LogP contribution in [0.25, 0.3) is 11.1 Å². The number of allylic oxidation sites excluding steroid dienone is 6. The van der Waals surface area contributed by atoms with Crippen molar-refractivity contribution in [3.63, 3.8) is 0 Å². The average molecular weight is 465 g/mol. The first-order valence-electron chi connectivity index (χ1n) is 12.2. The molecule has 4 aromatic carbocycles. The van der Waals surface area contributed by atoms with Gasteiger partial charge in [-0.2, -0.15) is 0 Å². The highest BCUT2D eigenvalue weighted by molar-refractivity contribution is 6.23. The highest BCUT2D eigenvalue weighted by Gasteiger charge is 2.29. The van der Waals surface area contributed by atoms with Crippen LogP contribution in [-0.4, -0.2) is 11.6 Å². The molecular formula is C34H24O2. The first-order chi connectivity index (χ1) is 17.7. The number of fused-ring (bicyclic) bond motifs is 2. The van der Waals surface area contributed by atoms with Crippen LogP contribution >= 0.6 is 0 Å². The van der Waals surface area contributed by atoms with Gasteiger partial charge in [-0.15, -0.1) is 0 Å². The van der Waals surface area contributed by atoms with Gasteiger partial charge in [-0.1, -0.05) is 109 Å². The number of ketones is 2. The minimum absolute atomic E-state index is 0.0625. The topological polar surface area (TPSA) is 34.1 Å². The molecule has 2 aliphatic carbocycles. The summed E-state index contributed by atoms with van der Waals surface area (Å²) >= 11 is 0. The van der Waals surface area contributed by atoms with Crippen LogP contribution in [0.2, 0.25) is 0 Å². The van der Waals surface area contributed by atoms with Gasteiger partial charge in [-0.25, -0.2) is 0 Å². The molecule has 0 aromatic heterocycles. The van der Waals surface area contributed by atoms with Crippen LogP contribution in [0.1, 0.15) is 43.0 Å². The van der Waals surface area contributed by atoms with Crippen LogP contribution in [0.15, 0.2) is 132 Å². The monoisotopic (exact) mass is 464 g/mol. The Morgan fingerprint density at radius 1 is 0.389 bits per heavy atom. The summed E-state index contributed by atoms with van der Waals surface area (Å²) in [4.78, 5) is 27.0. The van der Waals surface area contributed by atoms with Gasteiger partial charge in [-0.3, -0.25) is 9.59 Å². The lowest BCUT2D eigenvalue weighted by molar-refractivity contribution is 0.102. The number of Topliss-reactive ketones (excluding diaryl/α,β-unsaturated/α-hetero) is 2. The van der Waals surface area contributed by atoms with Gasteiger partial charge in [0.15, 0.2) is 11.6 Å². The first-order valence-corrected chi connectivity index (χ1v) is 12.2. The molecule has 0 saturated heterocycles. The lowest BCUT2D eigenvalue weighted by Gasteiger charge is -2.25. The molecule has 36 heavy (non-hydrogen) atoms. The van der Waals surface area contributed by atoms with Crippen LogP contribution in [0.5, 0.6) is 0 Å². The van der Waals surface area contributed by atoms with Crippen molar-refractivity contribution < 1.29 is 9.59 Å². The molecule has 2 heteroatoms. The van der Waals surface area contributed by atoms with Gasteiger partial charge in [0.25, 0.3) is 0 Å². The Morgan fingerprint density at radius 3 is 1.11 bits per heavy atom. The van der Waals surface area contributed by atoms with Crippen molar-refractivity contribution in [2.45, 2.75) is 12.8 Å². The maximum absolute atomic E-state index is 13.5. The number of carbonyl (C=O) groups excluding carboxylic acids is 2. The molecule has 6 rings (SSSR count). The van der Waals surface area contributed by atoms with Crippen molar-refractivity contribution in [1.29, 1.82) is 0 Å². The first kappa shape index (κ1) is 21.9. The Morgan fingerprint density at radius 2 is 0.722 bits per heavy atom. The Bertz CT molecular complexity index is 1460. The average Bonchev–Trinajstić information content (AvgIpc) is 2.93. The molecule has 0 unspecified atom stereocenters. The zero-order valence-corrected chi connectivity index (χ0v) is 19.8. The van der Waals surface area contributed by atoms with Crippen LogP contribution < -0.4 is 0 Å². The summed E-state index contributed by atoms with van der Waals surface area (Å²) in [6, 6.07) is 35.8. The fraction of sp³-hybridized carbons (Fsp3) is 0.0588. The van der Waals surface area contributed by atoms with E-state index in [-0.39, 0.29) is 11.6 Å². The quantitative estimate of drug-likeness (QED) is 0.317. The molecule has 2 aliphatic rings. The maximum Gasteiger partial charge on any atom is 0.189 e. The van der Waals surface area contributed by atoms with Gasteiger partial charge in [0, 0.05) is 35.1 Å². The van der Waals surface area contributed by atoms with Crippen molar-refractivity contribution in [1.82, 2.24) is 0 Å². The van der Waals surface area contributed by atoms with Crippen molar-refractivity contribution in [3.05, 3.63) is 166 Å². The third-order valence-electron chi connectivity index (χ3n) is 6.91. The predicted octanol–water partition coefficient (Wildman–Crippen LogP) is 7.33. The number of carbonyl (C=O) groups is 2. The van der Waals surface area contributed by atoms with E-state index in [0.29, 0.717) is 24.0 Å². The molecule has 0 bridgehead atoms. The van der Waals surface area contributed by atoms with Gasteiger partial charge >= 0.3 is 0 Å². The fourth-order valence-corrected chi connectivity index (χ4v) is 5.15. The molecular weight excluding hydrogens is 440 g/mol. The molecule has 0 spiro atoms. The summed E-state index contributed by atoms with van der Waals surface area (Å²) in [5.41, 5.74) is 8.93. The molecule has 0 radical (unpaired) electrons. The standard InChI is InChI=1S/C34H24O2/c35-33-25(19-23-11-3-1-4-12-23)21-31(27-15-7-9-17-29(27)33)32-22-26(20-24-13-5-2-6-14-24)34(36)30-18-10-8-16-28(30)32/h1-18,21-22H,19-20H2/b32-31+. The summed E-state index contributed by atoms with van der Waals surface area (Å²) in [6.07, 6.45) is 5.20. The third-order valence-corrected chi connectivity index (χ3v) is 6.91. The maximum atomic E-state index is 13.5. The van der Waals surface area contributed by atoms with Gasteiger partial charge < -0.3 is 0 Å². The second-order valence-corrected chi connectivity index (χ2v) is 9.24. The molecule has 0 saturated carbocycles. The fourth-order valence-electron chi connectivity index (χ4n) is 5.15. The van der Waals surface area contributed by atoms with Gasteiger partial charge in [-0.05, 0) is 45.6 Å². The second kappa shape index (κ2) is 9.24. The molecule has 0 atom stereocenters. The predicted molar refractivity (Wildman–Crippen MR) is 145 cm³/mol. The van der Waals surface area contributed by atoms with E-state index < -0.39 is 0 Å². The van der Waals surface area contributed by atoms with Crippen LogP contribution in [0.4, 0.5) is 0 Å². The molecule has 0 fully saturated rings. The van der Waals surface area contributed by atoms with E-state index in [0.717, 1.165) is 44.5 Å². The smallest absolute Gasteiger partial charge is 0.189 e. The highest BCUT2D eigenvalue weighted by Crippen LogP contribution is 2.40. The number of benzene rings is 4. The van der Waals surface area contributed by atoms with E-state index in [1.165, 1.54) is 0 Å². The molecule has 0 amide bonds. The highest BCUT2D eigenvalue weighted by atomic mass is 16.1. The van der Waals surface area contributed by atoms with Crippen LogP contribution in [0, 0.1) is 0 Å². The van der Waals surface area contributed by atoms with Crippen molar-refractivity contribution >= 4 is 22.7 Å². The number of hydrogen-bond acceptors (Lipinski definition) is 2. The minimum Gasteiger partial charge on any atom is -0.289 e. The van der Waals surface area contributed by atoms with E-state index in [9.17, 15) is 9.59 Å². The molecule has 172 valence electrons. The zero-order valence-electron chi connectivity index (χ0n) is 19.8. The van der Waals surface area contributed by atoms with Gasteiger partial charge in [0.1, 0.15) is 0 Å². The normalized spacial score (nSPS) is 16.7. The van der Waals surface area contributed by atoms with E-state index in [1.54, 1.807) is 0 Å². The zero-order chi connectivity index (χ0) is 24.5. The molecule has 0 heterocycles. The molecule has 4 aromatic rings.